The topological polar surface area (TPSA) is 32.6 Å². The van der Waals surface area contributed by atoms with E-state index in [0.717, 1.165) is 5.57 Å². The number of hydrogen-bond donors (Lipinski definition) is 1. The fourth-order valence-corrected chi connectivity index (χ4v) is 3.81. The van der Waals surface area contributed by atoms with Gasteiger partial charge in [-0.3, -0.25) is 4.99 Å². The van der Waals surface area contributed by atoms with Crippen LogP contribution in [0.2, 0.25) is 0 Å². The van der Waals surface area contributed by atoms with Crippen LogP contribution in [0.15, 0.2) is 28.3 Å². The fourth-order valence-electron chi connectivity index (χ4n) is 3.81. The molecule has 0 aromatic heterocycles. The van der Waals surface area contributed by atoms with E-state index in [0.29, 0.717) is 12.0 Å². The molecule has 136 valence electrons. The fraction of sp³-hybridized carbons (Fsp3) is 0.773. The molecule has 0 bridgehead atoms. The summed E-state index contributed by atoms with van der Waals surface area (Å²) in [4.78, 5) is 4.89. The Morgan fingerprint density at radius 1 is 1.08 bits per heavy atom. The number of hydrogen-bond acceptors (Lipinski definition) is 2. The molecule has 2 rings (SSSR count). The zero-order chi connectivity index (χ0) is 18.1. The predicted molar refractivity (Wildman–Crippen MR) is 104 cm³/mol. The van der Waals surface area contributed by atoms with Crippen LogP contribution in [0.1, 0.15) is 74.1 Å². The normalized spacial score (nSPS) is 32.7. The summed E-state index contributed by atoms with van der Waals surface area (Å²) in [6.45, 7) is 15.7. The molecule has 1 fully saturated rings. The SMILES string of the molecule is CC1CCCCC1N=CC1=CC(C(C)(C)C)=C[C@@H](C(C)(C)C)C1O. The smallest absolute Gasteiger partial charge is 0.0872 e. The summed E-state index contributed by atoms with van der Waals surface area (Å²) in [6, 6.07) is 0.420. The zero-order valence-corrected chi connectivity index (χ0v) is 16.8. The Balaban J connectivity index is 2.29. The van der Waals surface area contributed by atoms with Crippen LogP contribution in [0.25, 0.3) is 0 Å². The summed E-state index contributed by atoms with van der Waals surface area (Å²) < 4.78 is 0. The van der Waals surface area contributed by atoms with Crippen LogP contribution < -0.4 is 0 Å². The van der Waals surface area contributed by atoms with E-state index in [1.54, 1.807) is 0 Å². The van der Waals surface area contributed by atoms with Gasteiger partial charge in [-0.25, -0.2) is 0 Å². The number of aliphatic hydroxyl groups excluding tert-OH is 1. The number of rotatable bonds is 2. The first-order valence-corrected chi connectivity index (χ1v) is 9.65. The van der Waals surface area contributed by atoms with Gasteiger partial charge in [0.15, 0.2) is 0 Å². The van der Waals surface area contributed by atoms with E-state index in [4.69, 9.17) is 4.99 Å². The van der Waals surface area contributed by atoms with Gasteiger partial charge in [0.25, 0.3) is 0 Å². The van der Waals surface area contributed by atoms with Crippen molar-refractivity contribution in [3.63, 3.8) is 0 Å². The van der Waals surface area contributed by atoms with E-state index in [9.17, 15) is 5.11 Å². The van der Waals surface area contributed by atoms with Crippen LogP contribution in [0.3, 0.4) is 0 Å². The first kappa shape index (κ1) is 19.4. The van der Waals surface area contributed by atoms with Crippen LogP contribution >= 0.6 is 0 Å². The van der Waals surface area contributed by atoms with Gasteiger partial charge in [-0.2, -0.15) is 0 Å². The Morgan fingerprint density at radius 3 is 2.25 bits per heavy atom. The summed E-state index contributed by atoms with van der Waals surface area (Å²) in [5.74, 6) is 0.786. The van der Waals surface area contributed by atoms with Crippen molar-refractivity contribution in [1.29, 1.82) is 0 Å². The van der Waals surface area contributed by atoms with Crippen molar-refractivity contribution in [2.24, 2.45) is 27.7 Å². The third-order valence-electron chi connectivity index (χ3n) is 5.71. The highest BCUT2D eigenvalue weighted by atomic mass is 16.3. The molecule has 2 heteroatoms. The maximum absolute atomic E-state index is 10.9. The second kappa shape index (κ2) is 7.15. The average Bonchev–Trinajstić information content (AvgIpc) is 2.45. The zero-order valence-electron chi connectivity index (χ0n) is 16.8. The Hall–Kier alpha value is -0.890. The summed E-state index contributed by atoms with van der Waals surface area (Å²) in [6.07, 6.45) is 11.1. The molecule has 0 aromatic carbocycles. The molecule has 1 N–H and O–H groups in total. The second-order valence-electron chi connectivity index (χ2n) is 9.96. The van der Waals surface area contributed by atoms with Crippen molar-refractivity contribution >= 4 is 6.21 Å². The standard InChI is InChI=1S/C22H37NO/c1-15-10-8-9-11-19(15)23-14-16-12-17(21(2,3)4)13-18(20(16)24)22(5,6)7/h12-15,18-20,24H,8-11H2,1-7H3/t15?,18-,19?,20?/m1/s1. The minimum absolute atomic E-state index is 0.0292. The maximum Gasteiger partial charge on any atom is 0.0872 e. The van der Waals surface area contributed by atoms with Gasteiger partial charge in [0.05, 0.1) is 12.1 Å². The van der Waals surface area contributed by atoms with E-state index >= 15 is 0 Å². The molecule has 0 spiro atoms. The number of nitrogens with zero attached hydrogens (tertiary/aromatic N) is 1. The monoisotopic (exact) mass is 331 g/mol. The average molecular weight is 332 g/mol. The lowest BCUT2D eigenvalue weighted by atomic mass is 9.69. The highest BCUT2D eigenvalue weighted by Gasteiger charge is 2.35. The minimum atomic E-state index is -0.459. The molecule has 2 aliphatic carbocycles. The van der Waals surface area contributed by atoms with Crippen LogP contribution in [0.4, 0.5) is 0 Å². The molecule has 0 aromatic rings. The molecule has 0 heterocycles. The van der Waals surface area contributed by atoms with Crippen LogP contribution in [-0.4, -0.2) is 23.5 Å². The largest absolute Gasteiger partial charge is 0.388 e. The van der Waals surface area contributed by atoms with Gasteiger partial charge in [-0.05, 0) is 40.7 Å². The van der Waals surface area contributed by atoms with Crippen molar-refractivity contribution in [2.75, 3.05) is 0 Å². The molecular weight excluding hydrogens is 294 g/mol. The molecule has 24 heavy (non-hydrogen) atoms. The van der Waals surface area contributed by atoms with Gasteiger partial charge >= 0.3 is 0 Å². The van der Waals surface area contributed by atoms with E-state index < -0.39 is 6.10 Å². The van der Waals surface area contributed by atoms with E-state index in [2.05, 4.69) is 60.6 Å². The lowest BCUT2D eigenvalue weighted by molar-refractivity contribution is 0.100. The van der Waals surface area contributed by atoms with Crippen molar-refractivity contribution < 1.29 is 5.11 Å². The molecule has 0 aliphatic heterocycles. The molecule has 2 aliphatic rings. The first-order valence-electron chi connectivity index (χ1n) is 9.65. The van der Waals surface area contributed by atoms with Crippen LogP contribution in [0.5, 0.6) is 0 Å². The summed E-state index contributed by atoms with van der Waals surface area (Å²) in [7, 11) is 0. The summed E-state index contributed by atoms with van der Waals surface area (Å²) >= 11 is 0. The lowest BCUT2D eigenvalue weighted by Gasteiger charge is -2.38. The van der Waals surface area contributed by atoms with Gasteiger partial charge in [0, 0.05) is 12.1 Å². The van der Waals surface area contributed by atoms with Gasteiger partial charge in [-0.1, -0.05) is 73.5 Å². The quantitative estimate of drug-likeness (QED) is 0.659. The summed E-state index contributed by atoms with van der Waals surface area (Å²) in [5, 5.41) is 10.9. The van der Waals surface area contributed by atoms with Crippen LogP contribution in [0, 0.1) is 22.7 Å². The predicted octanol–water partition coefficient (Wildman–Crippen LogP) is 5.57. The Labute approximate surface area is 149 Å². The van der Waals surface area contributed by atoms with Gasteiger partial charge in [0.1, 0.15) is 0 Å². The third-order valence-corrected chi connectivity index (χ3v) is 5.71. The Kier molecular flexibility index (Phi) is 5.79. The minimum Gasteiger partial charge on any atom is -0.388 e. The second-order valence-corrected chi connectivity index (χ2v) is 9.96. The third kappa shape index (κ3) is 4.59. The molecule has 2 nitrogen and oxygen atoms in total. The van der Waals surface area contributed by atoms with Crippen molar-refractivity contribution in [3.05, 3.63) is 23.3 Å². The molecule has 0 saturated heterocycles. The number of aliphatic imine (C=N–C) groups is 1. The molecule has 0 amide bonds. The van der Waals surface area contributed by atoms with Gasteiger partial charge < -0.3 is 5.11 Å². The highest BCUT2D eigenvalue weighted by Crippen LogP contribution is 2.40. The highest BCUT2D eigenvalue weighted by molar-refractivity contribution is 5.82. The molecular formula is C22H37NO. The van der Waals surface area contributed by atoms with Gasteiger partial charge in [0.2, 0.25) is 0 Å². The van der Waals surface area contributed by atoms with Gasteiger partial charge in [-0.15, -0.1) is 0 Å². The Bertz CT molecular complexity index is 527. The number of allylic oxidation sites excluding steroid dienone is 2. The Morgan fingerprint density at radius 2 is 1.71 bits per heavy atom. The van der Waals surface area contributed by atoms with E-state index in [1.807, 2.05) is 6.21 Å². The van der Waals surface area contributed by atoms with Crippen LogP contribution in [-0.2, 0) is 0 Å². The first-order chi connectivity index (χ1) is 11.0. The molecule has 3 unspecified atom stereocenters. The van der Waals surface area contributed by atoms with Crippen molar-refractivity contribution in [1.82, 2.24) is 0 Å². The van der Waals surface area contributed by atoms with Crippen molar-refractivity contribution in [2.45, 2.75) is 86.3 Å². The van der Waals surface area contributed by atoms with Crippen molar-refractivity contribution in [3.8, 4) is 0 Å². The van der Waals surface area contributed by atoms with E-state index in [-0.39, 0.29) is 16.7 Å². The molecule has 4 atom stereocenters. The summed E-state index contributed by atoms with van der Waals surface area (Å²) in [5.41, 5.74) is 2.41. The molecule has 0 radical (unpaired) electrons. The molecule has 1 saturated carbocycles. The lowest BCUT2D eigenvalue weighted by Crippen LogP contribution is -2.36. The maximum atomic E-state index is 10.9. The number of aliphatic hydroxyl groups is 1. The van der Waals surface area contributed by atoms with E-state index in [1.165, 1.54) is 31.3 Å².